The van der Waals surface area contributed by atoms with Gasteiger partial charge < -0.3 is 19.9 Å². The van der Waals surface area contributed by atoms with Crippen molar-refractivity contribution in [3.05, 3.63) is 79.3 Å². The van der Waals surface area contributed by atoms with Gasteiger partial charge >= 0.3 is 0 Å². The number of ether oxygens (including phenoxy) is 1. The molecule has 0 bridgehead atoms. The van der Waals surface area contributed by atoms with Gasteiger partial charge in [-0.25, -0.2) is 28.8 Å². The number of halogens is 1. The largest absolute Gasteiger partial charge is 0.457 e. The molecular weight excluding hydrogens is 525 g/mol. The van der Waals surface area contributed by atoms with Crippen molar-refractivity contribution in [3.8, 4) is 11.5 Å². The molecule has 0 radical (unpaired) electrons. The fourth-order valence-electron chi connectivity index (χ4n) is 5.01. The van der Waals surface area contributed by atoms with Crippen LogP contribution in [-0.2, 0) is 4.79 Å². The van der Waals surface area contributed by atoms with Crippen LogP contribution in [-0.4, -0.2) is 66.0 Å². The van der Waals surface area contributed by atoms with E-state index >= 15 is 4.39 Å². The van der Waals surface area contributed by atoms with Gasteiger partial charge in [0.25, 0.3) is 0 Å². The Hall–Kier alpha value is -5.13. The van der Waals surface area contributed by atoms with Crippen LogP contribution in [0.1, 0.15) is 18.9 Å². The molecule has 208 valence electrons. The number of benzene rings is 1. The van der Waals surface area contributed by atoms with E-state index in [9.17, 15) is 4.79 Å². The summed E-state index contributed by atoms with van der Waals surface area (Å²) in [6, 6.07) is 10.6. The summed E-state index contributed by atoms with van der Waals surface area (Å²) in [5.74, 6) is 1.49. The quantitative estimate of drug-likeness (QED) is 0.287. The Morgan fingerprint density at radius 3 is 2.88 bits per heavy atom. The monoisotopic (exact) mass is 553 g/mol. The molecular formula is C29H28FN9O2. The number of hydrogen-bond acceptors (Lipinski definition) is 9. The van der Waals surface area contributed by atoms with Crippen LogP contribution in [0.25, 0.3) is 16.7 Å². The fraction of sp³-hybridized carbons (Fsp3) is 0.241. The number of rotatable bonds is 7. The minimum atomic E-state index is -0.470. The first-order valence-corrected chi connectivity index (χ1v) is 13.3. The topological polar surface area (TPSA) is 114 Å². The lowest BCUT2D eigenvalue weighted by Crippen LogP contribution is -2.54. The van der Waals surface area contributed by atoms with Crippen LogP contribution in [0.4, 0.5) is 21.7 Å². The van der Waals surface area contributed by atoms with Gasteiger partial charge in [0.2, 0.25) is 5.91 Å². The van der Waals surface area contributed by atoms with Crippen molar-refractivity contribution in [2.45, 2.75) is 26.3 Å². The number of nitrogens with zero attached hydrogens (tertiary/aromatic N) is 8. The number of anilines is 3. The van der Waals surface area contributed by atoms with Gasteiger partial charge in [-0.05, 0) is 49.8 Å². The molecule has 1 aromatic carbocycles. The zero-order valence-electron chi connectivity index (χ0n) is 22.7. The number of fused-ring (bicyclic) bond motifs is 2. The van der Waals surface area contributed by atoms with Gasteiger partial charge in [-0.1, -0.05) is 13.5 Å². The van der Waals surface area contributed by atoms with Gasteiger partial charge in [0.05, 0.1) is 11.2 Å². The number of hydrogen-bond donors (Lipinski definition) is 1. The van der Waals surface area contributed by atoms with E-state index in [1.54, 1.807) is 41.9 Å². The van der Waals surface area contributed by atoms with E-state index in [1.165, 1.54) is 18.7 Å². The van der Waals surface area contributed by atoms with Gasteiger partial charge in [0, 0.05) is 43.5 Å². The molecule has 1 amide bonds. The average molecular weight is 554 g/mol. The second kappa shape index (κ2) is 10.8. The van der Waals surface area contributed by atoms with Crippen molar-refractivity contribution in [2.24, 2.45) is 0 Å². The Morgan fingerprint density at radius 2 is 2.05 bits per heavy atom. The summed E-state index contributed by atoms with van der Waals surface area (Å²) >= 11 is 0. The van der Waals surface area contributed by atoms with E-state index < -0.39 is 5.82 Å². The molecule has 1 saturated heterocycles. The van der Waals surface area contributed by atoms with E-state index in [1.807, 2.05) is 17.0 Å². The predicted molar refractivity (Wildman–Crippen MR) is 153 cm³/mol. The minimum absolute atomic E-state index is 0.0486. The molecule has 1 fully saturated rings. The highest BCUT2D eigenvalue weighted by Crippen LogP contribution is 2.33. The average Bonchev–Trinajstić information content (AvgIpc) is 3.48. The molecule has 4 aromatic heterocycles. The second-order valence-corrected chi connectivity index (χ2v) is 9.71. The molecule has 1 aliphatic rings. The molecule has 5 aromatic rings. The van der Waals surface area contributed by atoms with E-state index in [2.05, 4.69) is 43.8 Å². The molecule has 0 saturated carbocycles. The molecule has 0 spiro atoms. The molecule has 5 heterocycles. The maximum Gasteiger partial charge on any atom is 0.246 e. The summed E-state index contributed by atoms with van der Waals surface area (Å²) in [4.78, 5) is 34.0. The van der Waals surface area contributed by atoms with E-state index in [0.29, 0.717) is 59.2 Å². The number of aromatic nitrogens is 6. The Labute approximate surface area is 235 Å². The van der Waals surface area contributed by atoms with Crippen LogP contribution in [0.2, 0.25) is 0 Å². The number of nitrogens with one attached hydrogen (secondary N) is 1. The summed E-state index contributed by atoms with van der Waals surface area (Å²) in [5.41, 5.74) is 2.33. The molecule has 0 aliphatic carbocycles. The van der Waals surface area contributed by atoms with Crippen LogP contribution in [0.15, 0.2) is 67.9 Å². The van der Waals surface area contributed by atoms with E-state index in [0.717, 1.165) is 12.2 Å². The van der Waals surface area contributed by atoms with E-state index in [-0.39, 0.29) is 17.6 Å². The maximum atomic E-state index is 15.6. The lowest BCUT2D eigenvalue weighted by atomic mass is 10.1. The molecule has 0 unspecified atom stereocenters. The van der Waals surface area contributed by atoms with Crippen molar-refractivity contribution in [1.82, 2.24) is 34.4 Å². The first kappa shape index (κ1) is 26.1. The Morgan fingerprint density at radius 1 is 1.17 bits per heavy atom. The first-order chi connectivity index (χ1) is 19.9. The second-order valence-electron chi connectivity index (χ2n) is 9.71. The highest BCUT2D eigenvalue weighted by atomic mass is 19.1. The smallest absolute Gasteiger partial charge is 0.246 e. The standard InChI is InChI=1S/C29H28FN9O2/c1-4-19-15-37(12-13-38(19)26(40)5-2)24-9-7-22-28(36-24)29(33-16-31-22)35-21-6-8-23(18(3)27(21)30)41-20-10-11-39-25(14-20)32-17-34-39/h5-11,14,16-17,19H,2,4,12-13,15H2,1,3H3,(H,31,33,35)/t19-/m1/s1. The molecule has 11 nitrogen and oxygen atoms in total. The number of amides is 1. The van der Waals surface area contributed by atoms with Gasteiger partial charge in [0.1, 0.15) is 35.5 Å². The molecule has 1 aliphatic heterocycles. The normalized spacial score (nSPS) is 15.3. The minimum Gasteiger partial charge on any atom is -0.457 e. The van der Waals surface area contributed by atoms with Gasteiger partial charge in [0.15, 0.2) is 17.3 Å². The molecule has 6 rings (SSSR count). The van der Waals surface area contributed by atoms with Crippen molar-refractivity contribution in [2.75, 3.05) is 29.9 Å². The lowest BCUT2D eigenvalue weighted by Gasteiger charge is -2.41. The third kappa shape index (κ3) is 4.99. The number of piperazine rings is 1. The summed E-state index contributed by atoms with van der Waals surface area (Å²) in [6.45, 7) is 9.19. The molecule has 1 N–H and O–H groups in total. The summed E-state index contributed by atoms with van der Waals surface area (Å²) < 4.78 is 23.1. The molecule has 12 heteroatoms. The maximum absolute atomic E-state index is 15.6. The van der Waals surface area contributed by atoms with Crippen molar-refractivity contribution in [3.63, 3.8) is 0 Å². The van der Waals surface area contributed by atoms with Gasteiger partial charge in [-0.3, -0.25) is 4.79 Å². The van der Waals surface area contributed by atoms with E-state index in [4.69, 9.17) is 9.72 Å². The fourth-order valence-corrected chi connectivity index (χ4v) is 5.01. The SMILES string of the molecule is C=CC(=O)N1CCN(c2ccc3ncnc(Nc4ccc(Oc5ccn6ncnc6c5)c(C)c4F)c3n2)C[C@H]1CC. The zero-order chi connectivity index (χ0) is 28.5. The first-order valence-electron chi connectivity index (χ1n) is 13.3. The van der Waals surface area contributed by atoms with Gasteiger partial charge in [-0.15, -0.1) is 0 Å². The van der Waals surface area contributed by atoms with Crippen LogP contribution < -0.4 is 15.0 Å². The Kier molecular flexibility index (Phi) is 6.88. The summed E-state index contributed by atoms with van der Waals surface area (Å²) in [7, 11) is 0. The highest BCUT2D eigenvalue weighted by Gasteiger charge is 2.29. The van der Waals surface area contributed by atoms with Crippen LogP contribution >= 0.6 is 0 Å². The highest BCUT2D eigenvalue weighted by molar-refractivity contribution is 5.89. The third-order valence-corrected chi connectivity index (χ3v) is 7.27. The Balaban J connectivity index is 1.25. The Bertz CT molecular complexity index is 1770. The number of pyridine rings is 2. The summed E-state index contributed by atoms with van der Waals surface area (Å²) in [5, 5.41) is 7.17. The zero-order valence-corrected chi connectivity index (χ0v) is 22.7. The van der Waals surface area contributed by atoms with Crippen LogP contribution in [0.3, 0.4) is 0 Å². The van der Waals surface area contributed by atoms with Gasteiger partial charge in [-0.2, -0.15) is 5.10 Å². The van der Waals surface area contributed by atoms with Crippen molar-refractivity contribution < 1.29 is 13.9 Å². The third-order valence-electron chi connectivity index (χ3n) is 7.27. The van der Waals surface area contributed by atoms with Crippen molar-refractivity contribution in [1.29, 1.82) is 0 Å². The van der Waals surface area contributed by atoms with Crippen LogP contribution in [0, 0.1) is 12.7 Å². The molecule has 41 heavy (non-hydrogen) atoms. The summed E-state index contributed by atoms with van der Waals surface area (Å²) in [6.07, 6.45) is 6.77. The predicted octanol–water partition coefficient (Wildman–Crippen LogP) is 4.66. The van der Waals surface area contributed by atoms with Crippen LogP contribution in [0.5, 0.6) is 11.5 Å². The van der Waals surface area contributed by atoms with Crippen molar-refractivity contribution >= 4 is 39.9 Å². The molecule has 1 atom stereocenters. The number of carbonyl (C=O) groups is 1. The number of carbonyl (C=O) groups excluding carboxylic acids is 1. The lowest BCUT2D eigenvalue weighted by molar-refractivity contribution is -0.128.